The van der Waals surface area contributed by atoms with E-state index in [0.29, 0.717) is 5.69 Å². The molecule has 0 spiro atoms. The first kappa shape index (κ1) is 15.9. The van der Waals surface area contributed by atoms with Crippen LogP contribution in [0.4, 0.5) is 4.39 Å². The summed E-state index contributed by atoms with van der Waals surface area (Å²) in [5.41, 5.74) is 6.20. The number of sulfonamides is 1. The normalized spacial score (nSPS) is 11.8. The minimum absolute atomic E-state index is 0.00533. The number of aryl methyl sites for hydroxylation is 1. The lowest BCUT2D eigenvalue weighted by Crippen LogP contribution is -2.24. The second-order valence-electron chi connectivity index (χ2n) is 4.39. The van der Waals surface area contributed by atoms with Crippen LogP contribution < -0.4 is 10.5 Å². The number of benzene rings is 1. The van der Waals surface area contributed by atoms with Gasteiger partial charge in [0, 0.05) is 19.8 Å². The van der Waals surface area contributed by atoms with Crippen LogP contribution in [0.3, 0.4) is 0 Å². The zero-order valence-electron chi connectivity index (χ0n) is 11.2. The van der Waals surface area contributed by atoms with Crippen molar-refractivity contribution < 1.29 is 12.8 Å². The number of nitrogens with one attached hydrogen (secondary N) is 1. The first-order valence-corrected chi connectivity index (χ1v) is 7.86. The Kier molecular flexibility index (Phi) is 4.62. The largest absolute Gasteiger partial charge is 0.326 e. The average molecular weight is 333 g/mol. The number of aromatic nitrogens is 2. The van der Waals surface area contributed by atoms with Gasteiger partial charge in [0.05, 0.1) is 22.2 Å². The van der Waals surface area contributed by atoms with Gasteiger partial charge in [-0.3, -0.25) is 4.68 Å². The molecule has 3 N–H and O–H groups in total. The lowest BCUT2D eigenvalue weighted by atomic mass is 10.2. The van der Waals surface area contributed by atoms with Gasteiger partial charge in [0.25, 0.3) is 0 Å². The predicted molar refractivity (Wildman–Crippen MR) is 76.5 cm³/mol. The van der Waals surface area contributed by atoms with Crippen molar-refractivity contribution in [1.82, 2.24) is 14.5 Å². The molecule has 0 bridgehead atoms. The average Bonchev–Trinajstić information content (AvgIpc) is 2.85. The van der Waals surface area contributed by atoms with Gasteiger partial charge in [-0.1, -0.05) is 11.6 Å². The fraction of sp³-hybridized carbons (Fsp3) is 0.250. The maximum atomic E-state index is 13.6. The number of hydrogen-bond acceptors (Lipinski definition) is 4. The fourth-order valence-electron chi connectivity index (χ4n) is 1.73. The summed E-state index contributed by atoms with van der Waals surface area (Å²) in [5, 5.41) is 3.88. The molecule has 1 aromatic carbocycles. The van der Waals surface area contributed by atoms with Crippen molar-refractivity contribution in [1.29, 1.82) is 0 Å². The molecule has 0 radical (unpaired) electrons. The monoisotopic (exact) mass is 332 g/mol. The van der Waals surface area contributed by atoms with Crippen LogP contribution in [-0.4, -0.2) is 18.2 Å². The van der Waals surface area contributed by atoms with Crippen LogP contribution >= 0.6 is 11.6 Å². The zero-order chi connectivity index (χ0) is 15.6. The van der Waals surface area contributed by atoms with Gasteiger partial charge < -0.3 is 5.73 Å². The third-order valence-corrected chi connectivity index (χ3v) is 4.62. The highest BCUT2D eigenvalue weighted by molar-refractivity contribution is 7.89. The summed E-state index contributed by atoms with van der Waals surface area (Å²) in [6, 6.07) is 3.80. The molecule has 0 amide bonds. The van der Waals surface area contributed by atoms with Gasteiger partial charge in [-0.25, -0.2) is 17.5 Å². The van der Waals surface area contributed by atoms with E-state index in [1.807, 2.05) is 0 Å². The van der Waals surface area contributed by atoms with Gasteiger partial charge in [-0.15, -0.1) is 0 Å². The van der Waals surface area contributed by atoms with E-state index in [9.17, 15) is 12.8 Å². The van der Waals surface area contributed by atoms with E-state index < -0.39 is 15.8 Å². The molecule has 0 saturated carbocycles. The summed E-state index contributed by atoms with van der Waals surface area (Å²) in [6.45, 7) is -0.0509. The summed E-state index contributed by atoms with van der Waals surface area (Å²) in [6.07, 6.45) is 1.69. The van der Waals surface area contributed by atoms with Gasteiger partial charge in [0.1, 0.15) is 5.82 Å². The molecule has 2 aromatic rings. The molecule has 0 saturated heterocycles. The Hall–Kier alpha value is -1.48. The molecule has 0 unspecified atom stereocenters. The van der Waals surface area contributed by atoms with E-state index in [4.69, 9.17) is 17.3 Å². The Labute approximate surface area is 126 Å². The minimum atomic E-state index is -3.87. The van der Waals surface area contributed by atoms with E-state index in [0.717, 1.165) is 6.07 Å². The van der Waals surface area contributed by atoms with E-state index in [-0.39, 0.29) is 28.6 Å². The third kappa shape index (κ3) is 3.59. The second kappa shape index (κ2) is 6.10. The van der Waals surface area contributed by atoms with Crippen LogP contribution in [-0.2, 0) is 30.2 Å². The summed E-state index contributed by atoms with van der Waals surface area (Å²) >= 11 is 5.71. The van der Waals surface area contributed by atoms with Crippen molar-refractivity contribution >= 4 is 21.6 Å². The maximum absolute atomic E-state index is 13.6. The van der Waals surface area contributed by atoms with E-state index in [1.165, 1.54) is 6.07 Å². The van der Waals surface area contributed by atoms with Crippen molar-refractivity contribution in [2.75, 3.05) is 0 Å². The molecule has 0 aliphatic rings. The summed E-state index contributed by atoms with van der Waals surface area (Å²) in [7, 11) is -2.15. The summed E-state index contributed by atoms with van der Waals surface area (Å²) in [4.78, 5) is -0.221. The lowest BCUT2D eigenvalue weighted by Gasteiger charge is -2.09. The molecule has 0 aliphatic heterocycles. The molecule has 21 heavy (non-hydrogen) atoms. The third-order valence-electron chi connectivity index (χ3n) is 2.82. The van der Waals surface area contributed by atoms with Crippen molar-refractivity contribution in [3.63, 3.8) is 0 Å². The number of hydrogen-bond donors (Lipinski definition) is 2. The van der Waals surface area contributed by atoms with Crippen molar-refractivity contribution in [2.45, 2.75) is 18.0 Å². The van der Waals surface area contributed by atoms with E-state index >= 15 is 0 Å². The Morgan fingerprint density at radius 1 is 1.48 bits per heavy atom. The molecular formula is C12H14ClFN4O2S. The summed E-state index contributed by atoms with van der Waals surface area (Å²) < 4.78 is 41.8. The van der Waals surface area contributed by atoms with Gasteiger partial charge >= 0.3 is 0 Å². The van der Waals surface area contributed by atoms with Crippen LogP contribution in [0, 0.1) is 5.82 Å². The van der Waals surface area contributed by atoms with Crippen molar-refractivity contribution in [3.8, 4) is 0 Å². The van der Waals surface area contributed by atoms with Gasteiger partial charge in [0.2, 0.25) is 10.0 Å². The molecule has 114 valence electrons. The Morgan fingerprint density at radius 2 is 2.19 bits per heavy atom. The molecule has 2 rings (SSSR count). The van der Waals surface area contributed by atoms with E-state index in [2.05, 4.69) is 9.82 Å². The minimum Gasteiger partial charge on any atom is -0.326 e. The molecule has 9 heteroatoms. The highest BCUT2D eigenvalue weighted by atomic mass is 35.5. The fourth-order valence-corrected chi connectivity index (χ4v) is 2.98. The molecule has 0 fully saturated rings. The number of nitrogens with zero attached hydrogens (tertiary/aromatic N) is 2. The smallest absolute Gasteiger partial charge is 0.241 e. The number of halogens is 2. The summed E-state index contributed by atoms with van der Waals surface area (Å²) in [5.74, 6) is -0.821. The van der Waals surface area contributed by atoms with Crippen LogP contribution in [0.15, 0.2) is 29.3 Å². The van der Waals surface area contributed by atoms with E-state index in [1.54, 1.807) is 24.0 Å². The topological polar surface area (TPSA) is 90.0 Å². The molecule has 0 aliphatic carbocycles. The Morgan fingerprint density at radius 3 is 2.76 bits per heavy atom. The number of rotatable bonds is 5. The quantitative estimate of drug-likeness (QED) is 0.859. The molecule has 1 heterocycles. The molecular weight excluding hydrogens is 319 g/mol. The van der Waals surface area contributed by atoms with Crippen LogP contribution in [0.1, 0.15) is 11.3 Å². The zero-order valence-corrected chi connectivity index (χ0v) is 12.7. The highest BCUT2D eigenvalue weighted by Gasteiger charge is 2.18. The van der Waals surface area contributed by atoms with Gasteiger partial charge in [-0.05, 0) is 23.8 Å². The first-order chi connectivity index (χ1) is 9.83. The molecule has 6 nitrogen and oxygen atoms in total. The van der Waals surface area contributed by atoms with Crippen LogP contribution in [0.25, 0.3) is 0 Å². The predicted octanol–water partition coefficient (Wildman–Crippen LogP) is 1.15. The highest BCUT2D eigenvalue weighted by Crippen LogP contribution is 2.24. The maximum Gasteiger partial charge on any atom is 0.241 e. The second-order valence-corrected chi connectivity index (χ2v) is 6.53. The standard InChI is InChI=1S/C12H14ClFN4O2S/c1-18-3-2-9(17-18)7-16-21(19,20)10-4-8(6-15)12(13)11(14)5-10/h2-5,16H,6-7,15H2,1H3. The van der Waals surface area contributed by atoms with Gasteiger partial charge in [-0.2, -0.15) is 5.10 Å². The Bertz CT molecular complexity index is 761. The molecule has 0 atom stereocenters. The molecule has 1 aromatic heterocycles. The van der Waals surface area contributed by atoms with Gasteiger partial charge in [0.15, 0.2) is 0 Å². The SMILES string of the molecule is Cn1ccc(CNS(=O)(=O)c2cc(F)c(Cl)c(CN)c2)n1. The number of nitrogens with two attached hydrogens (primary N) is 1. The Balaban J connectivity index is 2.25. The van der Waals surface area contributed by atoms with Crippen LogP contribution in [0.5, 0.6) is 0 Å². The lowest BCUT2D eigenvalue weighted by molar-refractivity contribution is 0.575. The van der Waals surface area contributed by atoms with Crippen LogP contribution in [0.2, 0.25) is 5.02 Å². The first-order valence-electron chi connectivity index (χ1n) is 5.99. The van der Waals surface area contributed by atoms with Crippen molar-refractivity contribution in [3.05, 3.63) is 46.5 Å². The van der Waals surface area contributed by atoms with Crippen molar-refractivity contribution in [2.24, 2.45) is 12.8 Å².